The van der Waals surface area contributed by atoms with E-state index in [1.165, 1.54) is 0 Å². The van der Waals surface area contributed by atoms with Crippen molar-refractivity contribution in [2.75, 3.05) is 5.32 Å². The number of benzene rings is 1. The van der Waals surface area contributed by atoms with Crippen LogP contribution in [0.5, 0.6) is 5.75 Å². The van der Waals surface area contributed by atoms with Crippen molar-refractivity contribution in [2.45, 2.75) is 6.30 Å². The monoisotopic (exact) mass is 213 g/mol. The summed E-state index contributed by atoms with van der Waals surface area (Å²) in [6.07, 6.45) is -4.84. The predicted octanol–water partition coefficient (Wildman–Crippen LogP) is 2.60. The molecule has 0 bridgehead atoms. The first-order valence-electron chi connectivity index (χ1n) is 3.32. The summed E-state index contributed by atoms with van der Waals surface area (Å²) in [7, 11) is 0. The molecule has 0 aliphatic carbocycles. The first-order valence-corrected chi connectivity index (χ1v) is 3.32. The second-order valence-corrected chi connectivity index (χ2v) is 2.41. The molecule has 7 heteroatoms. The van der Waals surface area contributed by atoms with Crippen LogP contribution in [0.2, 0.25) is 0 Å². The molecule has 0 aliphatic heterocycles. The SMILES string of the molecule is Oc1cc(NC(F)(F)F)c(F)cc1F. The zero-order valence-corrected chi connectivity index (χ0v) is 6.49. The van der Waals surface area contributed by atoms with Crippen LogP contribution in [0.1, 0.15) is 0 Å². The van der Waals surface area contributed by atoms with E-state index < -0.39 is 29.4 Å². The molecule has 0 atom stereocenters. The topological polar surface area (TPSA) is 32.3 Å². The molecule has 0 unspecified atom stereocenters. The maximum atomic E-state index is 12.6. The highest BCUT2D eigenvalue weighted by atomic mass is 19.4. The molecular weight excluding hydrogens is 209 g/mol. The van der Waals surface area contributed by atoms with E-state index in [1.807, 2.05) is 0 Å². The normalized spacial score (nSPS) is 11.5. The van der Waals surface area contributed by atoms with Crippen molar-refractivity contribution in [3.63, 3.8) is 0 Å². The van der Waals surface area contributed by atoms with Crippen LogP contribution in [0.3, 0.4) is 0 Å². The number of phenolic OH excluding ortho intramolecular Hbond substituents is 1. The highest BCUT2D eigenvalue weighted by Gasteiger charge is 2.28. The van der Waals surface area contributed by atoms with E-state index in [0.717, 1.165) is 5.32 Å². The summed E-state index contributed by atoms with van der Waals surface area (Å²) in [5.41, 5.74) is -1.03. The fourth-order valence-electron chi connectivity index (χ4n) is 0.786. The molecule has 1 aromatic carbocycles. The Balaban J connectivity index is 3.04. The Hall–Kier alpha value is -1.53. The van der Waals surface area contributed by atoms with E-state index in [4.69, 9.17) is 5.11 Å². The second-order valence-electron chi connectivity index (χ2n) is 2.41. The van der Waals surface area contributed by atoms with Crippen molar-refractivity contribution in [3.05, 3.63) is 23.8 Å². The molecule has 1 aromatic rings. The lowest BCUT2D eigenvalue weighted by Crippen LogP contribution is -2.21. The lowest BCUT2D eigenvalue weighted by Gasteiger charge is -2.10. The summed E-state index contributed by atoms with van der Waals surface area (Å²) >= 11 is 0. The molecule has 14 heavy (non-hydrogen) atoms. The molecular formula is C7H4F5NO. The first-order chi connectivity index (χ1) is 6.29. The van der Waals surface area contributed by atoms with Gasteiger partial charge >= 0.3 is 6.30 Å². The van der Waals surface area contributed by atoms with Crippen molar-refractivity contribution in [3.8, 4) is 5.75 Å². The van der Waals surface area contributed by atoms with Gasteiger partial charge in [-0.05, 0) is 0 Å². The number of anilines is 1. The molecule has 0 spiro atoms. The predicted molar refractivity (Wildman–Crippen MR) is 37.7 cm³/mol. The summed E-state index contributed by atoms with van der Waals surface area (Å²) in [5.74, 6) is -3.81. The minimum Gasteiger partial charge on any atom is -0.505 e. The van der Waals surface area contributed by atoms with Gasteiger partial charge in [-0.2, -0.15) is 13.2 Å². The van der Waals surface area contributed by atoms with Gasteiger partial charge in [0.15, 0.2) is 11.6 Å². The minimum absolute atomic E-state index is 0.156. The fraction of sp³-hybridized carbons (Fsp3) is 0.143. The van der Waals surface area contributed by atoms with Crippen molar-refractivity contribution < 1.29 is 27.1 Å². The Morgan fingerprint density at radius 2 is 1.64 bits per heavy atom. The highest BCUT2D eigenvalue weighted by molar-refractivity contribution is 5.50. The third-order valence-corrected chi connectivity index (χ3v) is 1.31. The van der Waals surface area contributed by atoms with Gasteiger partial charge in [0.1, 0.15) is 5.82 Å². The third-order valence-electron chi connectivity index (χ3n) is 1.31. The van der Waals surface area contributed by atoms with Crippen LogP contribution < -0.4 is 5.32 Å². The van der Waals surface area contributed by atoms with Crippen molar-refractivity contribution in [1.82, 2.24) is 0 Å². The number of hydrogen-bond acceptors (Lipinski definition) is 2. The van der Waals surface area contributed by atoms with Gasteiger partial charge in [-0.15, -0.1) is 0 Å². The molecule has 0 heterocycles. The summed E-state index contributed by atoms with van der Waals surface area (Å²) in [4.78, 5) is 0. The Morgan fingerprint density at radius 3 is 2.14 bits per heavy atom. The summed E-state index contributed by atoms with van der Waals surface area (Å²) in [6.45, 7) is 0. The van der Waals surface area contributed by atoms with Crippen LogP contribution in [-0.2, 0) is 0 Å². The molecule has 0 amide bonds. The van der Waals surface area contributed by atoms with Gasteiger partial charge in [0.25, 0.3) is 0 Å². The van der Waals surface area contributed by atoms with Crippen LogP contribution >= 0.6 is 0 Å². The average Bonchev–Trinajstić information content (AvgIpc) is 1.97. The lowest BCUT2D eigenvalue weighted by molar-refractivity contribution is -0.100. The number of hydrogen-bond donors (Lipinski definition) is 2. The molecule has 0 fully saturated rings. The largest absolute Gasteiger partial charge is 0.505 e. The minimum atomic E-state index is -4.84. The summed E-state index contributed by atoms with van der Waals surface area (Å²) in [6, 6.07) is 0.474. The van der Waals surface area contributed by atoms with Gasteiger partial charge in [0.05, 0.1) is 5.69 Å². The molecule has 78 valence electrons. The second kappa shape index (κ2) is 3.32. The van der Waals surface area contributed by atoms with Crippen LogP contribution in [-0.4, -0.2) is 11.4 Å². The van der Waals surface area contributed by atoms with Crippen LogP contribution in [0.25, 0.3) is 0 Å². The fourth-order valence-corrected chi connectivity index (χ4v) is 0.786. The zero-order valence-electron chi connectivity index (χ0n) is 6.49. The quantitative estimate of drug-likeness (QED) is 0.555. The van der Waals surface area contributed by atoms with E-state index in [9.17, 15) is 22.0 Å². The number of nitrogens with one attached hydrogen (secondary N) is 1. The maximum Gasteiger partial charge on any atom is 0.482 e. The number of phenols is 1. The molecule has 0 aliphatic rings. The number of halogens is 5. The molecule has 0 saturated carbocycles. The van der Waals surface area contributed by atoms with Gasteiger partial charge in [-0.3, -0.25) is 5.32 Å². The Labute approximate surface area is 75.0 Å². The van der Waals surface area contributed by atoms with Crippen LogP contribution in [0.15, 0.2) is 12.1 Å². The van der Waals surface area contributed by atoms with E-state index in [2.05, 4.69) is 0 Å². The van der Waals surface area contributed by atoms with Gasteiger partial charge in [-0.1, -0.05) is 0 Å². The molecule has 0 aromatic heterocycles. The standard InChI is InChI=1S/C7H4F5NO/c8-3-1-4(9)6(14)2-5(3)13-7(10,11)12/h1-2,13-14H. The van der Waals surface area contributed by atoms with Gasteiger partial charge in [-0.25, -0.2) is 8.78 Å². The third kappa shape index (κ3) is 2.48. The smallest absolute Gasteiger partial charge is 0.482 e. The Bertz CT molecular complexity index is 349. The van der Waals surface area contributed by atoms with E-state index in [-0.39, 0.29) is 6.07 Å². The molecule has 0 saturated heterocycles. The molecule has 2 N–H and O–H groups in total. The number of alkyl halides is 3. The average molecular weight is 213 g/mol. The molecule has 2 nitrogen and oxygen atoms in total. The van der Waals surface area contributed by atoms with Gasteiger partial charge in [0, 0.05) is 12.1 Å². The van der Waals surface area contributed by atoms with Crippen molar-refractivity contribution >= 4 is 5.69 Å². The molecule has 0 radical (unpaired) electrons. The Kier molecular flexibility index (Phi) is 2.50. The lowest BCUT2D eigenvalue weighted by atomic mass is 10.3. The molecule has 1 rings (SSSR count). The first kappa shape index (κ1) is 10.6. The Morgan fingerprint density at radius 1 is 1.07 bits per heavy atom. The van der Waals surface area contributed by atoms with Crippen molar-refractivity contribution in [1.29, 1.82) is 0 Å². The number of aromatic hydroxyl groups is 1. The van der Waals surface area contributed by atoms with Crippen LogP contribution in [0.4, 0.5) is 27.6 Å². The van der Waals surface area contributed by atoms with Gasteiger partial charge < -0.3 is 5.11 Å². The summed E-state index contributed by atoms with van der Waals surface area (Å²) < 4.78 is 60.1. The maximum absolute atomic E-state index is 12.6. The van der Waals surface area contributed by atoms with Crippen molar-refractivity contribution in [2.24, 2.45) is 0 Å². The van der Waals surface area contributed by atoms with E-state index in [0.29, 0.717) is 6.07 Å². The van der Waals surface area contributed by atoms with Crippen LogP contribution in [0, 0.1) is 11.6 Å². The summed E-state index contributed by atoms with van der Waals surface area (Å²) in [5, 5.41) is 9.49. The zero-order chi connectivity index (χ0) is 10.9. The van der Waals surface area contributed by atoms with Gasteiger partial charge in [0.2, 0.25) is 0 Å². The number of rotatable bonds is 1. The van der Waals surface area contributed by atoms with E-state index in [1.54, 1.807) is 0 Å². The van der Waals surface area contributed by atoms with E-state index >= 15 is 0 Å². The highest BCUT2D eigenvalue weighted by Crippen LogP contribution is 2.27.